The normalized spacial score (nSPS) is 16.7. The molecule has 3 aromatic carbocycles. The maximum Gasteiger partial charge on any atom is 0.340 e. The molecule has 0 aliphatic carbocycles. The van der Waals surface area contributed by atoms with Gasteiger partial charge < -0.3 is 35.0 Å². The Labute approximate surface area is 214 Å². The van der Waals surface area contributed by atoms with Gasteiger partial charge in [0.25, 0.3) is 0 Å². The highest BCUT2D eigenvalue weighted by Crippen LogP contribution is 2.58. The zero-order valence-electron chi connectivity index (χ0n) is 19.6. The molecule has 2 aliphatic heterocycles. The average Bonchev–Trinajstić information content (AvgIpc) is 3.14. The first-order valence-corrected chi connectivity index (χ1v) is 11.5. The fraction of sp³-hybridized carbons (Fsp3) is 0.185. The standard InChI is InChI=1S/C27H20O11/c28-15-3-4-17-20(10-15)37-21-11-19(29)12(1-5-22(30)31)9-18(21)27(17)24-13(2-6-23(32)33)7-14(25(34)35)8-16(24)26(36)38-27/h3-4,7-11,28-29H,1-2,5-6H2,(H,30,31)(H,32,33)(H,34,35). The van der Waals surface area contributed by atoms with Gasteiger partial charge in [0.2, 0.25) is 0 Å². The van der Waals surface area contributed by atoms with Gasteiger partial charge in [-0.1, -0.05) is 0 Å². The van der Waals surface area contributed by atoms with E-state index in [9.17, 15) is 39.6 Å². The van der Waals surface area contributed by atoms with E-state index in [4.69, 9.17) is 14.6 Å². The number of aromatic hydroxyl groups is 2. The van der Waals surface area contributed by atoms with Crippen LogP contribution in [-0.2, 0) is 32.8 Å². The van der Waals surface area contributed by atoms with Gasteiger partial charge in [-0.3, -0.25) is 9.59 Å². The molecule has 2 heterocycles. The van der Waals surface area contributed by atoms with Crippen LogP contribution in [-0.4, -0.2) is 49.4 Å². The first kappa shape index (κ1) is 24.6. The van der Waals surface area contributed by atoms with Gasteiger partial charge >= 0.3 is 23.9 Å². The number of rotatable bonds is 7. The van der Waals surface area contributed by atoms with E-state index in [0.29, 0.717) is 0 Å². The monoisotopic (exact) mass is 520 g/mol. The number of carbonyl (C=O) groups is 4. The van der Waals surface area contributed by atoms with Crippen LogP contribution in [0.1, 0.15) is 61.4 Å². The molecular formula is C27H20O11. The van der Waals surface area contributed by atoms with Crippen LogP contribution in [0, 0.1) is 0 Å². The number of hydrogen-bond donors (Lipinski definition) is 5. The van der Waals surface area contributed by atoms with Crippen molar-refractivity contribution in [1.29, 1.82) is 0 Å². The van der Waals surface area contributed by atoms with E-state index in [1.54, 1.807) is 0 Å². The van der Waals surface area contributed by atoms with Crippen molar-refractivity contribution in [1.82, 2.24) is 0 Å². The van der Waals surface area contributed by atoms with Crippen LogP contribution in [0.4, 0.5) is 0 Å². The number of carboxylic acid groups (broad SMARTS) is 3. The van der Waals surface area contributed by atoms with E-state index in [1.165, 1.54) is 36.4 Å². The molecule has 5 rings (SSSR count). The molecule has 3 aromatic rings. The van der Waals surface area contributed by atoms with Gasteiger partial charge in [0, 0.05) is 41.7 Å². The number of aromatic carboxylic acids is 1. The molecule has 0 aromatic heterocycles. The van der Waals surface area contributed by atoms with Gasteiger partial charge in [0.15, 0.2) is 5.60 Å². The van der Waals surface area contributed by atoms with Crippen molar-refractivity contribution >= 4 is 23.9 Å². The Bertz CT molecular complexity index is 1560. The second kappa shape index (κ2) is 8.80. The summed E-state index contributed by atoms with van der Waals surface area (Å²) in [6, 6.07) is 9.23. The summed E-state index contributed by atoms with van der Waals surface area (Å²) in [7, 11) is 0. The van der Waals surface area contributed by atoms with Crippen LogP contribution < -0.4 is 4.74 Å². The lowest BCUT2D eigenvalue weighted by Gasteiger charge is -2.37. The number of esters is 1. The minimum atomic E-state index is -1.76. The third-order valence-electron chi connectivity index (χ3n) is 6.63. The third-order valence-corrected chi connectivity index (χ3v) is 6.63. The highest BCUT2D eigenvalue weighted by atomic mass is 16.6. The molecule has 1 spiro atoms. The first-order valence-electron chi connectivity index (χ1n) is 11.5. The predicted octanol–water partition coefficient (Wildman–Crippen LogP) is 3.40. The van der Waals surface area contributed by atoms with Crippen molar-refractivity contribution < 1.29 is 54.2 Å². The third kappa shape index (κ3) is 3.84. The molecule has 0 bridgehead atoms. The van der Waals surface area contributed by atoms with Crippen molar-refractivity contribution in [2.45, 2.75) is 31.3 Å². The second-order valence-corrected chi connectivity index (χ2v) is 8.98. The number of hydrogen-bond acceptors (Lipinski definition) is 8. The molecule has 0 saturated carbocycles. The fourth-order valence-corrected chi connectivity index (χ4v) is 5.03. The smallest absolute Gasteiger partial charge is 0.340 e. The number of ether oxygens (including phenoxy) is 2. The Morgan fingerprint density at radius 1 is 0.789 bits per heavy atom. The maximum atomic E-state index is 13.3. The number of benzene rings is 3. The predicted molar refractivity (Wildman–Crippen MR) is 127 cm³/mol. The number of fused-ring (bicyclic) bond motifs is 6. The van der Waals surface area contributed by atoms with E-state index >= 15 is 0 Å². The largest absolute Gasteiger partial charge is 0.508 e. The van der Waals surface area contributed by atoms with Gasteiger partial charge in [-0.2, -0.15) is 0 Å². The highest BCUT2D eigenvalue weighted by molar-refractivity contribution is 6.01. The Morgan fingerprint density at radius 2 is 1.45 bits per heavy atom. The van der Waals surface area contributed by atoms with Gasteiger partial charge in [-0.05, 0) is 54.3 Å². The summed E-state index contributed by atoms with van der Waals surface area (Å²) in [5.74, 6) is -4.72. The zero-order valence-corrected chi connectivity index (χ0v) is 19.6. The lowest BCUT2D eigenvalue weighted by Crippen LogP contribution is -2.34. The second-order valence-electron chi connectivity index (χ2n) is 8.98. The molecule has 11 heteroatoms. The number of phenols is 2. The molecule has 38 heavy (non-hydrogen) atoms. The molecule has 194 valence electrons. The molecule has 0 radical (unpaired) electrons. The number of aryl methyl sites for hydroxylation is 2. The van der Waals surface area contributed by atoms with Gasteiger partial charge in [0.05, 0.1) is 11.1 Å². The highest BCUT2D eigenvalue weighted by Gasteiger charge is 2.55. The molecule has 1 unspecified atom stereocenters. The van der Waals surface area contributed by atoms with Crippen LogP contribution in [0.5, 0.6) is 23.0 Å². The summed E-state index contributed by atoms with van der Waals surface area (Å²) in [5, 5.41) is 48.8. The van der Waals surface area contributed by atoms with Crippen LogP contribution in [0.25, 0.3) is 0 Å². The van der Waals surface area contributed by atoms with E-state index in [2.05, 4.69) is 0 Å². The van der Waals surface area contributed by atoms with Crippen molar-refractivity contribution in [3.05, 3.63) is 81.4 Å². The lowest BCUT2D eigenvalue weighted by molar-refractivity contribution is -0.138. The Hall–Kier alpha value is -5.06. The van der Waals surface area contributed by atoms with Gasteiger partial charge in [-0.15, -0.1) is 0 Å². The Kier molecular flexibility index (Phi) is 5.70. The Balaban J connectivity index is 1.85. The van der Waals surface area contributed by atoms with Crippen molar-refractivity contribution in [2.24, 2.45) is 0 Å². The number of carboxylic acids is 3. The van der Waals surface area contributed by atoms with Crippen LogP contribution in [0.3, 0.4) is 0 Å². The molecule has 1 atom stereocenters. The minimum Gasteiger partial charge on any atom is -0.508 e. The first-order chi connectivity index (χ1) is 18.0. The van der Waals surface area contributed by atoms with Crippen molar-refractivity contribution in [2.75, 3.05) is 0 Å². The topological polar surface area (TPSA) is 188 Å². The number of phenolic OH excluding ortho intramolecular Hbond substituents is 2. The summed E-state index contributed by atoms with van der Waals surface area (Å²) in [5.41, 5.74) is -0.915. The van der Waals surface area contributed by atoms with Crippen LogP contribution in [0.2, 0.25) is 0 Å². The number of aliphatic carboxylic acids is 2. The summed E-state index contributed by atoms with van der Waals surface area (Å²) in [6.07, 6.45) is -0.861. The minimum absolute atomic E-state index is 0.0480. The molecule has 0 fully saturated rings. The van der Waals surface area contributed by atoms with Crippen LogP contribution >= 0.6 is 0 Å². The van der Waals surface area contributed by atoms with Crippen LogP contribution in [0.15, 0.2) is 42.5 Å². The maximum absolute atomic E-state index is 13.3. The summed E-state index contributed by atoms with van der Waals surface area (Å²) >= 11 is 0. The van der Waals surface area contributed by atoms with E-state index in [0.717, 1.165) is 6.07 Å². The Morgan fingerprint density at radius 3 is 2.11 bits per heavy atom. The van der Waals surface area contributed by atoms with E-state index in [-0.39, 0.29) is 87.6 Å². The van der Waals surface area contributed by atoms with E-state index < -0.39 is 29.5 Å². The quantitative estimate of drug-likeness (QED) is 0.287. The zero-order chi connectivity index (χ0) is 27.4. The molecule has 5 N–H and O–H groups in total. The molecule has 2 aliphatic rings. The summed E-state index contributed by atoms with van der Waals surface area (Å²) in [6.45, 7) is 0. The van der Waals surface area contributed by atoms with Gasteiger partial charge in [-0.25, -0.2) is 9.59 Å². The van der Waals surface area contributed by atoms with Crippen molar-refractivity contribution in [3.63, 3.8) is 0 Å². The SMILES string of the molecule is O=C(O)CCc1cc2c(cc1O)Oc1cc(O)ccc1C21OC(=O)c2cc(C(=O)O)cc(CCC(=O)O)c21. The lowest BCUT2D eigenvalue weighted by atomic mass is 9.74. The fourth-order valence-electron chi connectivity index (χ4n) is 5.03. The molecule has 11 nitrogen and oxygen atoms in total. The van der Waals surface area contributed by atoms with Gasteiger partial charge in [0.1, 0.15) is 23.0 Å². The summed E-state index contributed by atoms with van der Waals surface area (Å²) < 4.78 is 12.0. The summed E-state index contributed by atoms with van der Waals surface area (Å²) in [4.78, 5) is 47.7. The van der Waals surface area contributed by atoms with E-state index in [1.807, 2.05) is 0 Å². The average molecular weight is 520 g/mol. The molecular weight excluding hydrogens is 500 g/mol. The molecule has 0 amide bonds. The number of carbonyl (C=O) groups excluding carboxylic acids is 1. The van der Waals surface area contributed by atoms with Crippen molar-refractivity contribution in [3.8, 4) is 23.0 Å². The molecule has 0 saturated heterocycles.